The number of phenols is 1. The smallest absolute Gasteiger partial charge is 0.257 e. The zero-order chi connectivity index (χ0) is 17.6. The fourth-order valence-electron chi connectivity index (χ4n) is 3.55. The standard InChI is InChI=1S/C19H27N3O3/c23-17-8-4-3-7-16(17)19(25)22-13-11-20(12-14-22)15-18(24)21-9-5-1-2-6-10-21/h3-4,7-8,23H,1-2,5-6,9-15H2. The molecule has 2 amide bonds. The molecule has 2 aliphatic heterocycles. The Balaban J connectivity index is 1.49. The molecule has 6 heteroatoms. The maximum absolute atomic E-state index is 12.5. The van der Waals surface area contributed by atoms with Crippen molar-refractivity contribution >= 4 is 11.8 Å². The van der Waals surface area contributed by atoms with Crippen LogP contribution in [0.15, 0.2) is 24.3 Å². The number of rotatable bonds is 3. The van der Waals surface area contributed by atoms with Gasteiger partial charge in [0.15, 0.2) is 0 Å². The Morgan fingerprint density at radius 2 is 1.48 bits per heavy atom. The molecule has 1 aromatic rings. The first-order chi connectivity index (χ1) is 12.1. The van der Waals surface area contributed by atoms with E-state index in [9.17, 15) is 14.7 Å². The highest BCUT2D eigenvalue weighted by Crippen LogP contribution is 2.19. The predicted molar refractivity (Wildman–Crippen MR) is 95.5 cm³/mol. The van der Waals surface area contributed by atoms with Crippen LogP contribution in [-0.2, 0) is 4.79 Å². The van der Waals surface area contributed by atoms with Crippen LogP contribution >= 0.6 is 0 Å². The maximum Gasteiger partial charge on any atom is 0.257 e. The number of carbonyl (C=O) groups is 2. The van der Waals surface area contributed by atoms with Gasteiger partial charge >= 0.3 is 0 Å². The third-order valence-corrected chi connectivity index (χ3v) is 5.11. The normalized spacial score (nSPS) is 19.5. The Hall–Kier alpha value is -2.08. The van der Waals surface area contributed by atoms with E-state index in [-0.39, 0.29) is 17.6 Å². The van der Waals surface area contributed by atoms with Gasteiger partial charge in [0, 0.05) is 39.3 Å². The van der Waals surface area contributed by atoms with E-state index < -0.39 is 0 Å². The van der Waals surface area contributed by atoms with E-state index in [2.05, 4.69) is 4.90 Å². The van der Waals surface area contributed by atoms with Gasteiger partial charge in [-0.2, -0.15) is 0 Å². The molecule has 0 spiro atoms. The quantitative estimate of drug-likeness (QED) is 0.903. The fraction of sp³-hybridized carbons (Fsp3) is 0.579. The maximum atomic E-state index is 12.5. The molecule has 25 heavy (non-hydrogen) atoms. The molecule has 0 atom stereocenters. The number of amides is 2. The van der Waals surface area contributed by atoms with E-state index in [1.807, 2.05) is 4.90 Å². The van der Waals surface area contributed by atoms with Gasteiger partial charge in [0.05, 0.1) is 12.1 Å². The summed E-state index contributed by atoms with van der Waals surface area (Å²) in [4.78, 5) is 30.8. The van der Waals surface area contributed by atoms with Crippen molar-refractivity contribution in [2.24, 2.45) is 0 Å². The van der Waals surface area contributed by atoms with E-state index in [0.717, 1.165) is 25.9 Å². The first-order valence-corrected chi connectivity index (χ1v) is 9.22. The van der Waals surface area contributed by atoms with Gasteiger partial charge in [-0.1, -0.05) is 25.0 Å². The van der Waals surface area contributed by atoms with Crippen LogP contribution in [0.4, 0.5) is 0 Å². The predicted octanol–water partition coefficient (Wildman–Crippen LogP) is 1.55. The van der Waals surface area contributed by atoms with Crippen molar-refractivity contribution in [2.45, 2.75) is 25.7 Å². The monoisotopic (exact) mass is 345 g/mol. The Morgan fingerprint density at radius 3 is 2.12 bits per heavy atom. The molecule has 0 radical (unpaired) electrons. The Kier molecular flexibility index (Phi) is 5.91. The largest absolute Gasteiger partial charge is 0.507 e. The molecule has 0 bridgehead atoms. The molecular formula is C19H27N3O3. The average molecular weight is 345 g/mol. The third-order valence-electron chi connectivity index (χ3n) is 5.11. The van der Waals surface area contributed by atoms with Gasteiger partial charge in [-0.3, -0.25) is 14.5 Å². The van der Waals surface area contributed by atoms with Gasteiger partial charge < -0.3 is 14.9 Å². The number of piperazine rings is 1. The number of likely N-dealkylation sites (tertiary alicyclic amines) is 1. The van der Waals surface area contributed by atoms with Crippen LogP contribution in [0.25, 0.3) is 0 Å². The molecule has 1 aromatic carbocycles. The number of benzene rings is 1. The number of hydrogen-bond acceptors (Lipinski definition) is 4. The number of aromatic hydroxyl groups is 1. The molecule has 0 aromatic heterocycles. The summed E-state index contributed by atoms with van der Waals surface area (Å²) in [7, 11) is 0. The van der Waals surface area contributed by atoms with Crippen LogP contribution < -0.4 is 0 Å². The fourth-order valence-corrected chi connectivity index (χ4v) is 3.55. The van der Waals surface area contributed by atoms with Gasteiger partial charge in [0.1, 0.15) is 5.75 Å². The number of phenolic OH excluding ortho intramolecular Hbond substituents is 1. The second-order valence-electron chi connectivity index (χ2n) is 6.88. The molecule has 2 aliphatic rings. The van der Waals surface area contributed by atoms with Crippen LogP contribution in [0.3, 0.4) is 0 Å². The summed E-state index contributed by atoms with van der Waals surface area (Å²) in [6.45, 7) is 4.76. The van der Waals surface area contributed by atoms with Crippen molar-refractivity contribution in [3.63, 3.8) is 0 Å². The van der Waals surface area contributed by atoms with Gasteiger partial charge in [-0.15, -0.1) is 0 Å². The summed E-state index contributed by atoms with van der Waals surface area (Å²) in [5, 5.41) is 9.84. The minimum Gasteiger partial charge on any atom is -0.507 e. The highest BCUT2D eigenvalue weighted by atomic mass is 16.3. The van der Waals surface area contributed by atoms with E-state index in [4.69, 9.17) is 0 Å². The van der Waals surface area contributed by atoms with E-state index in [1.165, 1.54) is 18.9 Å². The third kappa shape index (κ3) is 4.51. The Labute approximate surface area is 149 Å². The number of para-hydroxylation sites is 1. The molecule has 2 fully saturated rings. The molecule has 1 N–H and O–H groups in total. The zero-order valence-corrected chi connectivity index (χ0v) is 14.7. The van der Waals surface area contributed by atoms with Gasteiger partial charge in [0.25, 0.3) is 5.91 Å². The molecule has 0 saturated carbocycles. The van der Waals surface area contributed by atoms with Crippen molar-refractivity contribution in [2.75, 3.05) is 45.8 Å². The van der Waals surface area contributed by atoms with Crippen LogP contribution in [0.2, 0.25) is 0 Å². The van der Waals surface area contributed by atoms with Crippen molar-refractivity contribution in [1.29, 1.82) is 0 Å². The van der Waals surface area contributed by atoms with Gasteiger partial charge in [0.2, 0.25) is 5.91 Å². The Morgan fingerprint density at radius 1 is 0.840 bits per heavy atom. The molecule has 0 unspecified atom stereocenters. The second kappa shape index (κ2) is 8.34. The van der Waals surface area contributed by atoms with E-state index in [0.29, 0.717) is 38.3 Å². The number of hydrogen-bond donors (Lipinski definition) is 1. The molecular weight excluding hydrogens is 318 g/mol. The molecule has 6 nitrogen and oxygen atoms in total. The van der Waals surface area contributed by atoms with Gasteiger partial charge in [-0.25, -0.2) is 0 Å². The SMILES string of the molecule is O=C(CN1CCN(C(=O)c2ccccc2O)CC1)N1CCCCCC1. The topological polar surface area (TPSA) is 64.1 Å². The molecule has 3 rings (SSSR count). The van der Waals surface area contributed by atoms with Crippen LogP contribution in [0.1, 0.15) is 36.0 Å². The van der Waals surface area contributed by atoms with Crippen LogP contribution in [0.5, 0.6) is 5.75 Å². The summed E-state index contributed by atoms with van der Waals surface area (Å²) in [5.41, 5.74) is 0.344. The first-order valence-electron chi connectivity index (χ1n) is 9.22. The summed E-state index contributed by atoms with van der Waals surface area (Å²) >= 11 is 0. The van der Waals surface area contributed by atoms with Crippen molar-refractivity contribution in [3.05, 3.63) is 29.8 Å². The number of carbonyl (C=O) groups excluding carboxylic acids is 2. The van der Waals surface area contributed by atoms with Gasteiger partial charge in [-0.05, 0) is 25.0 Å². The number of nitrogens with zero attached hydrogens (tertiary/aromatic N) is 3. The first kappa shape index (κ1) is 17.7. The van der Waals surface area contributed by atoms with E-state index >= 15 is 0 Å². The average Bonchev–Trinajstić information content (AvgIpc) is 2.92. The lowest BCUT2D eigenvalue weighted by atomic mass is 10.1. The lowest BCUT2D eigenvalue weighted by Crippen LogP contribution is -2.51. The highest BCUT2D eigenvalue weighted by molar-refractivity contribution is 5.96. The van der Waals surface area contributed by atoms with Crippen LogP contribution in [-0.4, -0.2) is 77.4 Å². The minimum absolute atomic E-state index is 0.0197. The van der Waals surface area contributed by atoms with Crippen molar-refractivity contribution < 1.29 is 14.7 Å². The lowest BCUT2D eigenvalue weighted by Gasteiger charge is -2.35. The summed E-state index contributed by atoms with van der Waals surface area (Å²) in [6.07, 6.45) is 4.65. The molecule has 2 saturated heterocycles. The molecule has 136 valence electrons. The summed E-state index contributed by atoms with van der Waals surface area (Å²) < 4.78 is 0. The zero-order valence-electron chi connectivity index (χ0n) is 14.7. The van der Waals surface area contributed by atoms with Crippen LogP contribution in [0, 0.1) is 0 Å². The minimum atomic E-state index is -0.142. The molecule has 2 heterocycles. The van der Waals surface area contributed by atoms with Crippen molar-refractivity contribution in [3.8, 4) is 5.75 Å². The Bertz CT molecular complexity index is 604. The summed E-state index contributed by atoms with van der Waals surface area (Å²) in [5.74, 6) is 0.0882. The van der Waals surface area contributed by atoms with Crippen molar-refractivity contribution in [1.82, 2.24) is 14.7 Å². The molecule has 0 aliphatic carbocycles. The lowest BCUT2D eigenvalue weighted by molar-refractivity contribution is -0.132. The highest BCUT2D eigenvalue weighted by Gasteiger charge is 2.26. The second-order valence-corrected chi connectivity index (χ2v) is 6.88. The van der Waals surface area contributed by atoms with E-state index in [1.54, 1.807) is 23.1 Å². The summed E-state index contributed by atoms with van der Waals surface area (Å²) in [6, 6.07) is 6.64.